The summed E-state index contributed by atoms with van der Waals surface area (Å²) in [5.74, 6) is -0.661. The van der Waals surface area contributed by atoms with Crippen molar-refractivity contribution in [3.8, 4) is 0 Å². The summed E-state index contributed by atoms with van der Waals surface area (Å²) in [7, 11) is 0. The summed E-state index contributed by atoms with van der Waals surface area (Å²) in [6, 6.07) is 12.7. The number of rotatable bonds is 4. The SMILES string of the molecule is Fc1ccccc1NCNc1ccccc1F. The van der Waals surface area contributed by atoms with Crippen molar-refractivity contribution in [1.29, 1.82) is 0 Å². The molecular weight excluding hydrogens is 222 g/mol. The molecule has 0 atom stereocenters. The van der Waals surface area contributed by atoms with E-state index in [2.05, 4.69) is 10.6 Å². The van der Waals surface area contributed by atoms with E-state index in [0.717, 1.165) is 0 Å². The molecule has 0 aromatic heterocycles. The van der Waals surface area contributed by atoms with Crippen LogP contribution in [0, 0.1) is 11.6 Å². The van der Waals surface area contributed by atoms with Gasteiger partial charge in [-0.25, -0.2) is 8.78 Å². The van der Waals surface area contributed by atoms with Gasteiger partial charge in [-0.1, -0.05) is 24.3 Å². The zero-order chi connectivity index (χ0) is 12.1. The van der Waals surface area contributed by atoms with Crippen molar-refractivity contribution < 1.29 is 8.78 Å². The maximum Gasteiger partial charge on any atom is 0.146 e. The summed E-state index contributed by atoms with van der Waals surface area (Å²) in [5.41, 5.74) is 0.771. The molecule has 0 saturated heterocycles. The summed E-state index contributed by atoms with van der Waals surface area (Å²) in [4.78, 5) is 0. The molecule has 2 N–H and O–H groups in total. The summed E-state index contributed by atoms with van der Waals surface area (Å²) >= 11 is 0. The Balaban J connectivity index is 1.93. The van der Waals surface area contributed by atoms with Gasteiger partial charge in [0.15, 0.2) is 0 Å². The lowest BCUT2D eigenvalue weighted by molar-refractivity contribution is 0.628. The van der Waals surface area contributed by atoms with Crippen LogP contribution >= 0.6 is 0 Å². The summed E-state index contributed by atoms with van der Waals surface area (Å²) in [6.07, 6.45) is 0. The fourth-order valence-corrected chi connectivity index (χ4v) is 1.44. The molecule has 0 fully saturated rings. The Bertz CT molecular complexity index is 455. The van der Waals surface area contributed by atoms with E-state index in [4.69, 9.17) is 0 Å². The van der Waals surface area contributed by atoms with Gasteiger partial charge in [-0.15, -0.1) is 0 Å². The standard InChI is InChI=1S/C13H12F2N2/c14-10-5-1-3-7-12(10)16-9-17-13-8-4-2-6-11(13)15/h1-8,16-17H,9H2. The molecule has 0 saturated carbocycles. The normalized spacial score (nSPS) is 10.0. The second-order valence-electron chi connectivity index (χ2n) is 3.49. The van der Waals surface area contributed by atoms with E-state index < -0.39 is 0 Å². The van der Waals surface area contributed by atoms with Crippen LogP contribution in [0.15, 0.2) is 48.5 Å². The predicted octanol–water partition coefficient (Wildman–Crippen LogP) is 3.45. The van der Waals surface area contributed by atoms with Crippen molar-refractivity contribution in [3.63, 3.8) is 0 Å². The van der Waals surface area contributed by atoms with Crippen molar-refractivity contribution in [2.45, 2.75) is 0 Å². The lowest BCUT2D eigenvalue weighted by Gasteiger charge is -2.10. The smallest absolute Gasteiger partial charge is 0.146 e. The minimum Gasteiger partial charge on any atom is -0.366 e. The van der Waals surface area contributed by atoms with E-state index in [9.17, 15) is 8.78 Å². The van der Waals surface area contributed by atoms with E-state index in [-0.39, 0.29) is 18.3 Å². The van der Waals surface area contributed by atoms with E-state index >= 15 is 0 Å². The Morgan fingerprint density at radius 2 is 1.12 bits per heavy atom. The van der Waals surface area contributed by atoms with E-state index in [1.165, 1.54) is 12.1 Å². The zero-order valence-electron chi connectivity index (χ0n) is 9.08. The average molecular weight is 234 g/mol. The quantitative estimate of drug-likeness (QED) is 0.792. The van der Waals surface area contributed by atoms with Crippen molar-refractivity contribution in [3.05, 3.63) is 60.2 Å². The first-order valence-electron chi connectivity index (χ1n) is 5.24. The Morgan fingerprint density at radius 3 is 1.53 bits per heavy atom. The van der Waals surface area contributed by atoms with Gasteiger partial charge in [-0.3, -0.25) is 0 Å². The number of benzene rings is 2. The van der Waals surface area contributed by atoms with Crippen LogP contribution in [0.1, 0.15) is 0 Å². The fourth-order valence-electron chi connectivity index (χ4n) is 1.44. The summed E-state index contributed by atoms with van der Waals surface area (Å²) < 4.78 is 26.5. The number of nitrogens with one attached hydrogen (secondary N) is 2. The fraction of sp³-hybridized carbons (Fsp3) is 0.0769. The van der Waals surface area contributed by atoms with Crippen LogP contribution in [0.2, 0.25) is 0 Å². The Kier molecular flexibility index (Phi) is 3.55. The molecule has 2 aromatic rings. The van der Waals surface area contributed by atoms with E-state index in [0.29, 0.717) is 11.4 Å². The molecule has 0 spiro atoms. The summed E-state index contributed by atoms with van der Waals surface area (Å²) in [6.45, 7) is 0.252. The predicted molar refractivity (Wildman–Crippen MR) is 64.9 cm³/mol. The molecule has 0 aliphatic rings. The lowest BCUT2D eigenvalue weighted by atomic mass is 10.3. The monoisotopic (exact) mass is 234 g/mol. The number of hydrogen-bond acceptors (Lipinski definition) is 2. The molecule has 2 rings (SSSR count). The average Bonchev–Trinajstić information content (AvgIpc) is 2.34. The van der Waals surface area contributed by atoms with E-state index in [1.54, 1.807) is 36.4 Å². The molecule has 88 valence electrons. The number of hydrogen-bond donors (Lipinski definition) is 2. The van der Waals surface area contributed by atoms with E-state index in [1.807, 2.05) is 0 Å². The highest BCUT2D eigenvalue weighted by Crippen LogP contribution is 2.14. The molecule has 0 aliphatic carbocycles. The first-order chi connectivity index (χ1) is 8.27. The molecule has 0 aliphatic heterocycles. The highest BCUT2D eigenvalue weighted by atomic mass is 19.1. The third-order valence-electron chi connectivity index (χ3n) is 2.31. The molecule has 0 unspecified atom stereocenters. The molecule has 0 heterocycles. The molecule has 0 radical (unpaired) electrons. The second-order valence-corrected chi connectivity index (χ2v) is 3.49. The zero-order valence-corrected chi connectivity index (χ0v) is 9.08. The highest BCUT2D eigenvalue weighted by Gasteiger charge is 2.00. The maximum absolute atomic E-state index is 13.2. The Hall–Kier alpha value is -2.10. The van der Waals surface area contributed by atoms with Gasteiger partial charge >= 0.3 is 0 Å². The number of anilines is 2. The van der Waals surface area contributed by atoms with Gasteiger partial charge in [0, 0.05) is 0 Å². The minimum atomic E-state index is -0.331. The van der Waals surface area contributed by atoms with Crippen LogP contribution in [-0.2, 0) is 0 Å². The van der Waals surface area contributed by atoms with Crippen molar-refractivity contribution in [1.82, 2.24) is 0 Å². The minimum absolute atomic E-state index is 0.252. The molecule has 0 bridgehead atoms. The van der Waals surface area contributed by atoms with Gasteiger partial charge < -0.3 is 10.6 Å². The largest absolute Gasteiger partial charge is 0.366 e. The highest BCUT2D eigenvalue weighted by molar-refractivity contribution is 5.48. The third-order valence-corrected chi connectivity index (χ3v) is 2.31. The Morgan fingerprint density at radius 1 is 0.706 bits per heavy atom. The van der Waals surface area contributed by atoms with Gasteiger partial charge in [0.05, 0.1) is 18.0 Å². The topological polar surface area (TPSA) is 24.1 Å². The second kappa shape index (κ2) is 5.30. The maximum atomic E-state index is 13.2. The van der Waals surface area contributed by atoms with Crippen LogP contribution in [0.5, 0.6) is 0 Å². The van der Waals surface area contributed by atoms with Crippen LogP contribution in [0.3, 0.4) is 0 Å². The third kappa shape index (κ3) is 2.93. The number of halogens is 2. The van der Waals surface area contributed by atoms with Crippen molar-refractivity contribution in [2.75, 3.05) is 17.3 Å². The van der Waals surface area contributed by atoms with Crippen LogP contribution in [0.4, 0.5) is 20.2 Å². The lowest BCUT2D eigenvalue weighted by Crippen LogP contribution is -2.13. The van der Waals surface area contributed by atoms with Gasteiger partial charge in [-0.05, 0) is 24.3 Å². The van der Waals surface area contributed by atoms with Crippen molar-refractivity contribution >= 4 is 11.4 Å². The summed E-state index contributed by atoms with van der Waals surface area (Å²) in [5, 5.41) is 5.67. The first kappa shape index (κ1) is 11.4. The number of para-hydroxylation sites is 2. The van der Waals surface area contributed by atoms with Crippen LogP contribution in [0.25, 0.3) is 0 Å². The Labute approximate surface area is 98.3 Å². The molecule has 4 heteroatoms. The van der Waals surface area contributed by atoms with Gasteiger partial charge in [0.25, 0.3) is 0 Å². The van der Waals surface area contributed by atoms with Crippen molar-refractivity contribution in [2.24, 2.45) is 0 Å². The van der Waals surface area contributed by atoms with Crippen LogP contribution < -0.4 is 10.6 Å². The molecule has 17 heavy (non-hydrogen) atoms. The van der Waals surface area contributed by atoms with Crippen LogP contribution in [-0.4, -0.2) is 6.67 Å². The van der Waals surface area contributed by atoms with Gasteiger partial charge in [0.1, 0.15) is 11.6 Å². The first-order valence-corrected chi connectivity index (χ1v) is 5.24. The molecular formula is C13H12F2N2. The van der Waals surface area contributed by atoms with Gasteiger partial charge in [-0.2, -0.15) is 0 Å². The molecule has 0 amide bonds. The van der Waals surface area contributed by atoms with Gasteiger partial charge in [0.2, 0.25) is 0 Å². The molecule has 2 aromatic carbocycles. The molecule has 2 nitrogen and oxygen atoms in total.